The van der Waals surface area contributed by atoms with Gasteiger partial charge in [0.15, 0.2) is 0 Å². The maximum absolute atomic E-state index is 12.7. The van der Waals surface area contributed by atoms with Crippen molar-refractivity contribution in [1.29, 1.82) is 0 Å². The zero-order valence-corrected chi connectivity index (χ0v) is 12.8. The second kappa shape index (κ2) is 4.84. The molecule has 1 amide bonds. The van der Waals surface area contributed by atoms with E-state index in [1.807, 2.05) is 0 Å². The van der Waals surface area contributed by atoms with Crippen molar-refractivity contribution < 1.29 is 4.79 Å². The lowest BCUT2D eigenvalue weighted by atomic mass is 9.83. The van der Waals surface area contributed by atoms with Crippen LogP contribution in [0.5, 0.6) is 0 Å². The maximum atomic E-state index is 12.7. The molecule has 3 nitrogen and oxygen atoms in total. The number of hydrogen-bond donors (Lipinski definition) is 1. The van der Waals surface area contributed by atoms with Crippen LogP contribution in [-0.2, 0) is 4.79 Å². The van der Waals surface area contributed by atoms with Gasteiger partial charge in [-0.05, 0) is 37.7 Å². The number of nitrogens with zero attached hydrogens (tertiary/aromatic N) is 1. The van der Waals surface area contributed by atoms with Gasteiger partial charge in [0.05, 0.1) is 0 Å². The first-order chi connectivity index (χ1) is 10.2. The minimum absolute atomic E-state index is 0.0840. The van der Waals surface area contributed by atoms with Crippen LogP contribution >= 0.6 is 0 Å². The number of nitrogens with one attached hydrogen (secondary N) is 1. The smallest absolute Gasteiger partial charge is 0.244 e. The van der Waals surface area contributed by atoms with Crippen LogP contribution in [0.25, 0.3) is 0 Å². The normalized spacial score (nSPS) is 27.2. The topological polar surface area (TPSA) is 32.3 Å². The van der Waals surface area contributed by atoms with E-state index in [9.17, 15) is 4.79 Å². The second-order valence-electron chi connectivity index (χ2n) is 7.12. The van der Waals surface area contributed by atoms with Crippen molar-refractivity contribution in [3.05, 3.63) is 35.4 Å². The van der Waals surface area contributed by atoms with Crippen molar-refractivity contribution in [3.63, 3.8) is 0 Å². The maximum Gasteiger partial charge on any atom is 0.244 e. The molecule has 2 saturated carbocycles. The van der Waals surface area contributed by atoms with Crippen molar-refractivity contribution in [2.45, 2.75) is 57.2 Å². The van der Waals surface area contributed by atoms with Crippen molar-refractivity contribution in [3.8, 4) is 0 Å². The highest BCUT2D eigenvalue weighted by Crippen LogP contribution is 2.46. The van der Waals surface area contributed by atoms with Crippen LogP contribution in [0.2, 0.25) is 0 Å². The van der Waals surface area contributed by atoms with Crippen LogP contribution < -0.4 is 5.32 Å². The van der Waals surface area contributed by atoms with E-state index in [0.717, 1.165) is 25.3 Å². The molecule has 21 heavy (non-hydrogen) atoms. The Kier molecular flexibility index (Phi) is 3.07. The molecule has 1 N–H and O–H groups in total. The van der Waals surface area contributed by atoms with E-state index in [4.69, 9.17) is 0 Å². The summed E-state index contributed by atoms with van der Waals surface area (Å²) in [4.78, 5) is 14.8. The average Bonchev–Trinajstić information content (AvgIpc) is 3.15. The van der Waals surface area contributed by atoms with Crippen molar-refractivity contribution in [2.24, 2.45) is 5.92 Å². The monoisotopic (exact) mass is 284 g/mol. The average molecular weight is 284 g/mol. The van der Waals surface area contributed by atoms with Crippen molar-refractivity contribution in [2.75, 3.05) is 6.54 Å². The lowest BCUT2D eigenvalue weighted by Crippen LogP contribution is -2.34. The fourth-order valence-corrected chi connectivity index (χ4v) is 3.62. The van der Waals surface area contributed by atoms with E-state index in [1.54, 1.807) is 0 Å². The van der Waals surface area contributed by atoms with Gasteiger partial charge in [0.25, 0.3) is 0 Å². The van der Waals surface area contributed by atoms with Crippen LogP contribution in [-0.4, -0.2) is 22.9 Å². The Morgan fingerprint density at radius 2 is 1.95 bits per heavy atom. The molecule has 1 spiro atoms. The molecule has 1 aromatic carbocycles. The van der Waals surface area contributed by atoms with Gasteiger partial charge in [0, 0.05) is 6.54 Å². The minimum Gasteiger partial charge on any atom is -0.321 e. The summed E-state index contributed by atoms with van der Waals surface area (Å²) in [6.45, 7) is 3.02. The molecule has 112 valence electrons. The van der Waals surface area contributed by atoms with Gasteiger partial charge in [-0.25, -0.2) is 0 Å². The van der Waals surface area contributed by atoms with E-state index in [1.165, 1.54) is 36.8 Å². The number of carbonyl (C=O) groups is 1. The molecule has 1 unspecified atom stereocenters. The highest BCUT2D eigenvalue weighted by molar-refractivity contribution is 5.92. The molecule has 1 heterocycles. The Labute approximate surface area is 126 Å². The Hall–Kier alpha value is -1.35. The molecule has 3 heteroatoms. The van der Waals surface area contributed by atoms with Gasteiger partial charge in [0.1, 0.15) is 11.7 Å². The molecule has 3 aliphatic rings. The largest absolute Gasteiger partial charge is 0.321 e. The first-order valence-corrected chi connectivity index (χ1v) is 8.33. The zero-order valence-electron chi connectivity index (χ0n) is 12.8. The molecule has 0 aromatic heterocycles. The third-order valence-corrected chi connectivity index (χ3v) is 5.54. The van der Waals surface area contributed by atoms with Gasteiger partial charge in [-0.1, -0.05) is 49.1 Å². The predicted molar refractivity (Wildman–Crippen MR) is 82.7 cm³/mol. The van der Waals surface area contributed by atoms with Gasteiger partial charge in [-0.15, -0.1) is 0 Å². The SMILES string of the molecule is Cc1ccc(C2NC3(CC3)C(=O)N2CCC2CCC2)cc1. The second-order valence-corrected chi connectivity index (χ2v) is 7.12. The first kappa shape index (κ1) is 13.3. The molecule has 2 aliphatic carbocycles. The van der Waals surface area contributed by atoms with E-state index in [2.05, 4.69) is 41.4 Å². The van der Waals surface area contributed by atoms with Crippen molar-refractivity contribution >= 4 is 5.91 Å². The number of aryl methyl sites for hydroxylation is 1. The zero-order chi connectivity index (χ0) is 14.4. The summed E-state index contributed by atoms with van der Waals surface area (Å²) >= 11 is 0. The summed E-state index contributed by atoms with van der Waals surface area (Å²) in [7, 11) is 0. The molecular weight excluding hydrogens is 260 g/mol. The summed E-state index contributed by atoms with van der Waals surface area (Å²) in [6, 6.07) is 8.61. The Bertz CT molecular complexity index is 543. The lowest BCUT2D eigenvalue weighted by molar-refractivity contribution is -0.131. The minimum atomic E-state index is -0.213. The summed E-state index contributed by atoms with van der Waals surface area (Å²) in [5.74, 6) is 1.19. The Balaban J connectivity index is 1.54. The Morgan fingerprint density at radius 3 is 2.52 bits per heavy atom. The Morgan fingerprint density at radius 1 is 1.24 bits per heavy atom. The molecule has 0 radical (unpaired) electrons. The van der Waals surface area contributed by atoms with Gasteiger partial charge < -0.3 is 4.90 Å². The number of rotatable bonds is 4. The van der Waals surface area contributed by atoms with Crippen molar-refractivity contribution in [1.82, 2.24) is 10.2 Å². The standard InChI is InChI=1S/C18H24N2O/c1-13-5-7-15(8-6-13)16-19-18(10-11-18)17(21)20(16)12-9-14-3-2-4-14/h5-8,14,16,19H,2-4,9-12H2,1H3. The summed E-state index contributed by atoms with van der Waals surface area (Å²) in [5, 5.41) is 3.61. The molecule has 0 bridgehead atoms. The van der Waals surface area contributed by atoms with Crippen LogP contribution in [0, 0.1) is 12.8 Å². The quantitative estimate of drug-likeness (QED) is 0.921. The third kappa shape index (κ3) is 2.28. The predicted octanol–water partition coefficient (Wildman–Crippen LogP) is 3.15. The number of hydrogen-bond acceptors (Lipinski definition) is 2. The number of benzene rings is 1. The van der Waals surface area contributed by atoms with Crippen LogP contribution in [0.1, 0.15) is 55.8 Å². The fraction of sp³-hybridized carbons (Fsp3) is 0.611. The molecule has 4 rings (SSSR count). The molecule has 1 aliphatic heterocycles. The van der Waals surface area contributed by atoms with Crippen LogP contribution in [0.4, 0.5) is 0 Å². The summed E-state index contributed by atoms with van der Waals surface area (Å²) in [5.41, 5.74) is 2.28. The van der Waals surface area contributed by atoms with E-state index < -0.39 is 0 Å². The molecule has 3 fully saturated rings. The van der Waals surface area contributed by atoms with Gasteiger partial charge in [-0.2, -0.15) is 0 Å². The highest BCUT2D eigenvalue weighted by Gasteiger charge is 2.59. The van der Waals surface area contributed by atoms with Gasteiger partial charge >= 0.3 is 0 Å². The number of amides is 1. The number of carbonyl (C=O) groups excluding carboxylic acids is 1. The highest BCUT2D eigenvalue weighted by atomic mass is 16.2. The summed E-state index contributed by atoms with van der Waals surface area (Å²) < 4.78 is 0. The van der Waals surface area contributed by atoms with E-state index >= 15 is 0 Å². The molecular formula is C18H24N2O. The fourth-order valence-electron chi connectivity index (χ4n) is 3.62. The summed E-state index contributed by atoms with van der Waals surface area (Å²) in [6.07, 6.45) is 7.36. The van der Waals surface area contributed by atoms with Crippen LogP contribution in [0.15, 0.2) is 24.3 Å². The first-order valence-electron chi connectivity index (χ1n) is 8.33. The molecule has 1 atom stereocenters. The van der Waals surface area contributed by atoms with Gasteiger partial charge in [-0.3, -0.25) is 10.1 Å². The lowest BCUT2D eigenvalue weighted by Gasteiger charge is -2.30. The third-order valence-electron chi connectivity index (χ3n) is 5.54. The van der Waals surface area contributed by atoms with E-state index in [-0.39, 0.29) is 11.7 Å². The van der Waals surface area contributed by atoms with Gasteiger partial charge in [0.2, 0.25) is 5.91 Å². The van der Waals surface area contributed by atoms with Crippen LogP contribution in [0.3, 0.4) is 0 Å². The molecule has 1 saturated heterocycles. The van der Waals surface area contributed by atoms with E-state index in [0.29, 0.717) is 5.91 Å². The molecule has 1 aromatic rings.